The fraction of sp³-hybridized carbons (Fsp3) is 0.125. The second-order valence-electron chi connectivity index (χ2n) is 5.71. The van der Waals surface area contributed by atoms with E-state index in [0.29, 0.717) is 16.3 Å². The fourth-order valence-electron chi connectivity index (χ4n) is 3.09. The summed E-state index contributed by atoms with van der Waals surface area (Å²) in [6, 6.07) is 6.58. The molecular weight excluding hydrogens is 340 g/mol. The van der Waals surface area contributed by atoms with Crippen molar-refractivity contribution >= 4 is 40.5 Å². The molecule has 2 heterocycles. The molecule has 2 amide bonds. The summed E-state index contributed by atoms with van der Waals surface area (Å²) in [6.07, 6.45) is -0.204. The quantitative estimate of drug-likeness (QED) is 0.684. The molecule has 0 saturated heterocycles. The summed E-state index contributed by atoms with van der Waals surface area (Å²) in [6.45, 7) is 0. The van der Waals surface area contributed by atoms with Crippen LogP contribution in [0.5, 0.6) is 0 Å². The zero-order valence-corrected chi connectivity index (χ0v) is 12.8. The molecule has 4 rings (SSSR count). The zero-order chi connectivity index (χ0) is 17.1. The van der Waals surface area contributed by atoms with Crippen LogP contribution in [-0.4, -0.2) is 11.8 Å². The average Bonchev–Trinajstić information content (AvgIpc) is 2.51. The molecule has 3 N–H and O–H groups in total. The molecule has 0 bridgehead atoms. The number of hydrogen-bond donors (Lipinski definition) is 3. The van der Waals surface area contributed by atoms with Gasteiger partial charge in [0.15, 0.2) is 17.2 Å². The molecule has 0 aromatic heterocycles. The molecular formula is C16H10ClF2N3O2. The Balaban J connectivity index is 1.92. The van der Waals surface area contributed by atoms with Gasteiger partial charge in [-0.05, 0) is 18.2 Å². The van der Waals surface area contributed by atoms with Gasteiger partial charge < -0.3 is 16.0 Å². The second kappa shape index (κ2) is 4.91. The van der Waals surface area contributed by atoms with Crippen molar-refractivity contribution in [2.75, 3.05) is 16.0 Å². The van der Waals surface area contributed by atoms with Gasteiger partial charge in [0, 0.05) is 28.4 Å². The molecule has 0 aliphatic carbocycles. The summed E-state index contributed by atoms with van der Waals surface area (Å²) < 4.78 is 27.0. The smallest absolute Gasteiger partial charge is 0.255 e. The summed E-state index contributed by atoms with van der Waals surface area (Å²) in [7, 11) is 0. The van der Waals surface area contributed by atoms with Crippen LogP contribution in [0.2, 0.25) is 5.02 Å². The van der Waals surface area contributed by atoms with Gasteiger partial charge in [-0.1, -0.05) is 11.6 Å². The summed E-state index contributed by atoms with van der Waals surface area (Å²) in [5.74, 6) is -3.05. The molecule has 122 valence electrons. The predicted molar refractivity (Wildman–Crippen MR) is 85.0 cm³/mol. The van der Waals surface area contributed by atoms with E-state index in [2.05, 4.69) is 16.0 Å². The van der Waals surface area contributed by atoms with Gasteiger partial charge in [-0.2, -0.15) is 0 Å². The van der Waals surface area contributed by atoms with E-state index in [0.717, 1.165) is 12.1 Å². The molecule has 1 spiro atoms. The van der Waals surface area contributed by atoms with E-state index < -0.39 is 23.1 Å². The summed E-state index contributed by atoms with van der Waals surface area (Å²) in [4.78, 5) is 24.8. The van der Waals surface area contributed by atoms with Gasteiger partial charge in [-0.3, -0.25) is 9.59 Å². The highest BCUT2D eigenvalue weighted by molar-refractivity contribution is 6.31. The molecule has 8 heteroatoms. The van der Waals surface area contributed by atoms with E-state index in [1.54, 1.807) is 18.2 Å². The lowest BCUT2D eigenvalue weighted by Crippen LogP contribution is -2.54. The Morgan fingerprint density at radius 1 is 0.958 bits per heavy atom. The molecule has 1 atom stereocenters. The molecule has 24 heavy (non-hydrogen) atoms. The number of anilines is 3. The largest absolute Gasteiger partial charge is 0.365 e. The minimum atomic E-state index is -1.44. The van der Waals surface area contributed by atoms with E-state index in [1.807, 2.05) is 0 Å². The maximum atomic E-state index is 13.6. The average molecular weight is 350 g/mol. The van der Waals surface area contributed by atoms with Gasteiger partial charge in [0.05, 0.1) is 17.8 Å². The maximum absolute atomic E-state index is 13.6. The van der Waals surface area contributed by atoms with E-state index in [1.165, 1.54) is 0 Å². The van der Waals surface area contributed by atoms with Gasteiger partial charge in [0.1, 0.15) is 0 Å². The van der Waals surface area contributed by atoms with Gasteiger partial charge >= 0.3 is 0 Å². The number of carbonyl (C=O) groups excluding carboxylic acids is 2. The molecule has 5 nitrogen and oxygen atoms in total. The third kappa shape index (κ3) is 2.05. The van der Waals surface area contributed by atoms with Crippen LogP contribution >= 0.6 is 11.6 Å². The van der Waals surface area contributed by atoms with E-state index >= 15 is 0 Å². The van der Waals surface area contributed by atoms with Gasteiger partial charge in [-0.15, -0.1) is 0 Å². The van der Waals surface area contributed by atoms with Crippen molar-refractivity contribution in [1.29, 1.82) is 0 Å². The Kier molecular flexibility index (Phi) is 3.05. The van der Waals surface area contributed by atoms with Crippen LogP contribution in [0.1, 0.15) is 12.0 Å². The first-order valence-electron chi connectivity index (χ1n) is 7.08. The lowest BCUT2D eigenvalue weighted by atomic mass is 9.80. The van der Waals surface area contributed by atoms with Crippen molar-refractivity contribution in [2.45, 2.75) is 12.0 Å². The first-order chi connectivity index (χ1) is 11.4. The number of benzene rings is 2. The van der Waals surface area contributed by atoms with Gasteiger partial charge in [0.25, 0.3) is 5.91 Å². The van der Waals surface area contributed by atoms with Gasteiger partial charge in [0.2, 0.25) is 5.91 Å². The highest BCUT2D eigenvalue weighted by Gasteiger charge is 2.49. The molecule has 2 aromatic carbocycles. The number of halogens is 3. The fourth-order valence-corrected chi connectivity index (χ4v) is 3.26. The maximum Gasteiger partial charge on any atom is 0.255 e. The summed E-state index contributed by atoms with van der Waals surface area (Å²) in [5.41, 5.74) is -0.250. The van der Waals surface area contributed by atoms with Crippen molar-refractivity contribution in [3.05, 3.63) is 52.6 Å². The van der Waals surface area contributed by atoms with Crippen molar-refractivity contribution < 1.29 is 18.4 Å². The Hall–Kier alpha value is -2.67. The zero-order valence-electron chi connectivity index (χ0n) is 12.0. The number of carbonyl (C=O) groups is 2. The minimum absolute atomic E-state index is 0.110. The highest BCUT2D eigenvalue weighted by atomic mass is 35.5. The number of amides is 2. The summed E-state index contributed by atoms with van der Waals surface area (Å²) >= 11 is 6.03. The SMILES string of the molecule is O=C1CC2(Nc3cc(F)c(F)cc3NC2=O)c2cc(Cl)ccc2N1. The first kappa shape index (κ1) is 14.9. The van der Waals surface area contributed by atoms with Crippen LogP contribution in [0, 0.1) is 11.6 Å². The predicted octanol–water partition coefficient (Wildman–Crippen LogP) is 3.22. The lowest BCUT2D eigenvalue weighted by Gasteiger charge is -2.42. The van der Waals surface area contributed by atoms with Crippen molar-refractivity contribution in [3.8, 4) is 0 Å². The number of nitrogens with one attached hydrogen (secondary N) is 3. The molecule has 0 saturated carbocycles. The second-order valence-corrected chi connectivity index (χ2v) is 6.15. The normalized spacial score (nSPS) is 21.5. The monoisotopic (exact) mass is 349 g/mol. The van der Waals surface area contributed by atoms with Crippen LogP contribution in [0.15, 0.2) is 30.3 Å². The highest BCUT2D eigenvalue weighted by Crippen LogP contribution is 2.45. The van der Waals surface area contributed by atoms with Crippen molar-refractivity contribution in [2.24, 2.45) is 0 Å². The van der Waals surface area contributed by atoms with E-state index in [9.17, 15) is 18.4 Å². The number of fused-ring (bicyclic) bond motifs is 3. The molecule has 0 fully saturated rings. The lowest BCUT2D eigenvalue weighted by molar-refractivity contribution is -0.126. The molecule has 2 aliphatic rings. The van der Waals surface area contributed by atoms with Crippen LogP contribution in [0.4, 0.5) is 25.8 Å². The van der Waals surface area contributed by atoms with Crippen LogP contribution in [0.3, 0.4) is 0 Å². The van der Waals surface area contributed by atoms with E-state index in [-0.39, 0.29) is 23.7 Å². The van der Waals surface area contributed by atoms with Crippen molar-refractivity contribution in [3.63, 3.8) is 0 Å². The van der Waals surface area contributed by atoms with Gasteiger partial charge in [-0.25, -0.2) is 8.78 Å². The van der Waals surface area contributed by atoms with Crippen molar-refractivity contribution in [1.82, 2.24) is 0 Å². The Morgan fingerprint density at radius 2 is 1.67 bits per heavy atom. The molecule has 1 unspecified atom stereocenters. The van der Waals surface area contributed by atoms with Crippen LogP contribution in [0.25, 0.3) is 0 Å². The number of hydrogen-bond acceptors (Lipinski definition) is 3. The first-order valence-corrected chi connectivity index (χ1v) is 7.45. The molecule has 2 aliphatic heterocycles. The molecule has 0 radical (unpaired) electrons. The van der Waals surface area contributed by atoms with Crippen LogP contribution < -0.4 is 16.0 Å². The number of rotatable bonds is 0. The summed E-state index contributed by atoms with van der Waals surface area (Å²) in [5, 5.41) is 8.50. The van der Waals surface area contributed by atoms with E-state index in [4.69, 9.17) is 11.6 Å². The third-order valence-electron chi connectivity index (χ3n) is 4.19. The topological polar surface area (TPSA) is 70.2 Å². The standard InChI is InChI=1S/C16H10ClF2N3O2/c17-7-1-2-11-8(3-7)16(6-14(23)20-11)15(24)21-12-4-9(18)10(19)5-13(12)22-16/h1-5,22H,6H2,(H,20,23)(H,21,24). The Labute approximate surface area is 140 Å². The minimum Gasteiger partial charge on any atom is -0.365 e. The Morgan fingerprint density at radius 3 is 2.42 bits per heavy atom. The Bertz CT molecular complexity index is 918. The molecule has 2 aromatic rings. The third-order valence-corrected chi connectivity index (χ3v) is 4.42. The van der Waals surface area contributed by atoms with Crippen LogP contribution in [-0.2, 0) is 15.1 Å².